The number of hydrogen-bond acceptors (Lipinski definition) is 2. The van der Waals surface area contributed by atoms with Gasteiger partial charge in [-0.1, -0.05) is 17.7 Å². The summed E-state index contributed by atoms with van der Waals surface area (Å²) in [4.78, 5) is 2.47. The lowest BCUT2D eigenvalue weighted by Crippen LogP contribution is -2.43. The van der Waals surface area contributed by atoms with Crippen molar-refractivity contribution in [2.75, 3.05) is 18.0 Å². The van der Waals surface area contributed by atoms with Gasteiger partial charge in [0.05, 0.1) is 0 Å². The fraction of sp³-hybridized carbons (Fsp3) is 0.455. The molecule has 2 nitrogen and oxygen atoms in total. The Morgan fingerprint density at radius 2 is 2.27 bits per heavy atom. The fourth-order valence-electron chi connectivity index (χ4n) is 2.53. The number of piperazine rings is 1. The Kier molecular flexibility index (Phi) is 3.10. The minimum Gasteiger partial charge on any atom is -0.366 e. The second-order valence-corrected chi connectivity index (χ2v) is 4.56. The van der Waals surface area contributed by atoms with Gasteiger partial charge in [-0.2, -0.15) is 0 Å². The summed E-state index contributed by atoms with van der Waals surface area (Å²) in [6.45, 7) is 2.25. The molecule has 2 fully saturated rings. The molecule has 0 aromatic heterocycles. The van der Waals surface area contributed by atoms with Crippen LogP contribution >= 0.6 is 24.0 Å². The van der Waals surface area contributed by atoms with Crippen LogP contribution in [0.15, 0.2) is 24.3 Å². The first-order valence-corrected chi connectivity index (χ1v) is 5.46. The molecule has 2 unspecified atom stereocenters. The van der Waals surface area contributed by atoms with E-state index < -0.39 is 0 Å². The van der Waals surface area contributed by atoms with Crippen molar-refractivity contribution in [1.82, 2.24) is 5.32 Å². The largest absolute Gasteiger partial charge is 0.366 e. The van der Waals surface area contributed by atoms with Gasteiger partial charge in [-0.15, -0.1) is 12.4 Å². The Morgan fingerprint density at radius 1 is 1.40 bits per heavy atom. The van der Waals surface area contributed by atoms with E-state index in [1.54, 1.807) is 0 Å². The molecule has 1 N–H and O–H groups in total. The summed E-state index contributed by atoms with van der Waals surface area (Å²) >= 11 is 5.98. The van der Waals surface area contributed by atoms with Crippen molar-refractivity contribution in [2.45, 2.75) is 18.5 Å². The van der Waals surface area contributed by atoms with E-state index in [0.717, 1.165) is 18.1 Å². The number of nitrogens with zero attached hydrogens (tertiary/aromatic N) is 1. The predicted octanol–water partition coefficient (Wildman–Crippen LogP) is 2.31. The zero-order chi connectivity index (χ0) is 9.54. The van der Waals surface area contributed by atoms with Crippen LogP contribution in [-0.2, 0) is 0 Å². The summed E-state index contributed by atoms with van der Waals surface area (Å²) in [5, 5.41) is 4.33. The summed E-state index contributed by atoms with van der Waals surface area (Å²) in [5.41, 5.74) is 1.27. The van der Waals surface area contributed by atoms with Gasteiger partial charge in [0.15, 0.2) is 0 Å². The van der Waals surface area contributed by atoms with Crippen molar-refractivity contribution in [2.24, 2.45) is 0 Å². The van der Waals surface area contributed by atoms with Gasteiger partial charge < -0.3 is 10.2 Å². The maximum absolute atomic E-state index is 5.98. The van der Waals surface area contributed by atoms with Crippen LogP contribution in [0.2, 0.25) is 5.02 Å². The number of halogens is 2. The number of hydrogen-bond donors (Lipinski definition) is 1. The molecule has 15 heavy (non-hydrogen) atoms. The first-order chi connectivity index (χ1) is 6.83. The standard InChI is InChI=1S/C11H13ClN2.ClH/c12-8-2-1-3-10(4-8)14-7-9-5-11(14)6-13-9;/h1-4,9,11,13H,5-7H2;1H. The Morgan fingerprint density at radius 3 is 2.87 bits per heavy atom. The second-order valence-electron chi connectivity index (χ2n) is 4.13. The van der Waals surface area contributed by atoms with Crippen LogP contribution in [0.25, 0.3) is 0 Å². The molecule has 2 saturated heterocycles. The Labute approximate surface area is 101 Å². The third-order valence-electron chi connectivity index (χ3n) is 3.20. The fourth-order valence-corrected chi connectivity index (χ4v) is 2.72. The first kappa shape index (κ1) is 11.1. The summed E-state index contributed by atoms with van der Waals surface area (Å²) < 4.78 is 0. The van der Waals surface area contributed by atoms with E-state index in [2.05, 4.69) is 22.3 Å². The molecular weight excluding hydrogens is 231 g/mol. The molecule has 2 aliphatic rings. The van der Waals surface area contributed by atoms with Crippen LogP contribution < -0.4 is 10.2 Å². The topological polar surface area (TPSA) is 15.3 Å². The average Bonchev–Trinajstić information content (AvgIpc) is 2.78. The lowest BCUT2D eigenvalue weighted by Gasteiger charge is -2.29. The minimum atomic E-state index is 0. The highest BCUT2D eigenvalue weighted by atomic mass is 35.5. The molecule has 82 valence electrons. The zero-order valence-electron chi connectivity index (χ0n) is 8.32. The number of anilines is 1. The number of nitrogens with one attached hydrogen (secondary N) is 1. The van der Waals surface area contributed by atoms with Gasteiger partial charge in [-0.3, -0.25) is 0 Å². The van der Waals surface area contributed by atoms with Crippen LogP contribution in [0.5, 0.6) is 0 Å². The number of benzene rings is 1. The van der Waals surface area contributed by atoms with Crippen molar-refractivity contribution >= 4 is 29.7 Å². The van der Waals surface area contributed by atoms with Crippen molar-refractivity contribution in [3.05, 3.63) is 29.3 Å². The van der Waals surface area contributed by atoms with Crippen molar-refractivity contribution in [3.8, 4) is 0 Å². The monoisotopic (exact) mass is 244 g/mol. The lowest BCUT2D eigenvalue weighted by molar-refractivity contribution is 0.580. The smallest absolute Gasteiger partial charge is 0.0430 e. The molecule has 2 heterocycles. The summed E-state index contributed by atoms with van der Waals surface area (Å²) in [7, 11) is 0. The maximum Gasteiger partial charge on any atom is 0.0430 e. The molecule has 0 radical (unpaired) electrons. The first-order valence-electron chi connectivity index (χ1n) is 5.08. The molecule has 3 rings (SSSR count). The highest BCUT2D eigenvalue weighted by Gasteiger charge is 2.37. The van der Waals surface area contributed by atoms with Crippen LogP contribution in [0.1, 0.15) is 6.42 Å². The van der Waals surface area contributed by atoms with Crippen molar-refractivity contribution < 1.29 is 0 Å². The molecule has 1 aromatic rings. The highest BCUT2D eigenvalue weighted by molar-refractivity contribution is 6.30. The third kappa shape index (κ3) is 1.94. The number of fused-ring (bicyclic) bond motifs is 2. The molecule has 2 aliphatic heterocycles. The van der Waals surface area contributed by atoms with E-state index in [-0.39, 0.29) is 12.4 Å². The second kappa shape index (κ2) is 4.20. The van der Waals surface area contributed by atoms with E-state index in [1.165, 1.54) is 12.1 Å². The minimum absolute atomic E-state index is 0. The SMILES string of the molecule is Cl.Clc1cccc(N2CC3CC2CN3)c1. The Balaban J connectivity index is 0.000000853. The van der Waals surface area contributed by atoms with Crippen LogP contribution in [0, 0.1) is 0 Å². The van der Waals surface area contributed by atoms with Gasteiger partial charge in [-0.25, -0.2) is 0 Å². The van der Waals surface area contributed by atoms with Gasteiger partial charge in [-0.05, 0) is 24.6 Å². The van der Waals surface area contributed by atoms with Crippen LogP contribution in [0.3, 0.4) is 0 Å². The maximum atomic E-state index is 5.98. The summed E-state index contributed by atoms with van der Waals surface area (Å²) in [5.74, 6) is 0. The highest BCUT2D eigenvalue weighted by Crippen LogP contribution is 2.30. The van der Waals surface area contributed by atoms with Crippen LogP contribution in [-0.4, -0.2) is 25.2 Å². The third-order valence-corrected chi connectivity index (χ3v) is 3.43. The molecule has 2 atom stereocenters. The molecule has 2 bridgehead atoms. The van der Waals surface area contributed by atoms with Crippen molar-refractivity contribution in [1.29, 1.82) is 0 Å². The van der Waals surface area contributed by atoms with Gasteiger partial charge in [0.2, 0.25) is 0 Å². The van der Waals surface area contributed by atoms with E-state index in [4.69, 9.17) is 11.6 Å². The summed E-state index contributed by atoms with van der Waals surface area (Å²) in [6.07, 6.45) is 1.28. The van der Waals surface area contributed by atoms with Gasteiger partial charge in [0.1, 0.15) is 0 Å². The van der Waals surface area contributed by atoms with E-state index in [0.29, 0.717) is 12.1 Å². The molecule has 4 heteroatoms. The normalized spacial score (nSPS) is 27.9. The molecular formula is C11H14Cl2N2. The molecule has 0 spiro atoms. The quantitative estimate of drug-likeness (QED) is 0.816. The van der Waals surface area contributed by atoms with Gasteiger partial charge in [0, 0.05) is 35.9 Å². The Hall–Kier alpha value is -0.440. The molecule has 0 aliphatic carbocycles. The zero-order valence-corrected chi connectivity index (χ0v) is 9.89. The van der Waals surface area contributed by atoms with Crippen LogP contribution in [0.4, 0.5) is 5.69 Å². The summed E-state index contributed by atoms with van der Waals surface area (Å²) in [6, 6.07) is 9.53. The van der Waals surface area contributed by atoms with Gasteiger partial charge in [0.25, 0.3) is 0 Å². The van der Waals surface area contributed by atoms with E-state index in [1.807, 2.05) is 12.1 Å². The Bertz CT molecular complexity index is 356. The van der Waals surface area contributed by atoms with E-state index in [9.17, 15) is 0 Å². The van der Waals surface area contributed by atoms with Crippen molar-refractivity contribution in [3.63, 3.8) is 0 Å². The average molecular weight is 245 g/mol. The predicted molar refractivity (Wildman–Crippen MR) is 66.2 cm³/mol. The molecule has 0 amide bonds. The number of rotatable bonds is 1. The van der Waals surface area contributed by atoms with E-state index >= 15 is 0 Å². The van der Waals surface area contributed by atoms with Gasteiger partial charge >= 0.3 is 0 Å². The molecule has 1 aromatic carbocycles. The molecule has 0 saturated carbocycles. The lowest BCUT2D eigenvalue weighted by atomic mass is 10.2.